The number of thiophene rings is 1. The van der Waals surface area contributed by atoms with Gasteiger partial charge in [-0.3, -0.25) is 0 Å². The Kier molecular flexibility index (Phi) is 2.91. The van der Waals surface area contributed by atoms with Crippen LogP contribution in [-0.2, 0) is 5.54 Å². The number of nitrogens with two attached hydrogens (primary N) is 1. The van der Waals surface area contributed by atoms with Crippen LogP contribution in [0, 0.1) is 18.8 Å². The lowest BCUT2D eigenvalue weighted by atomic mass is 9.71. The molecule has 2 unspecified atom stereocenters. The van der Waals surface area contributed by atoms with Crippen LogP contribution in [0.1, 0.15) is 43.6 Å². The zero-order valence-electron chi connectivity index (χ0n) is 9.92. The molecule has 0 bridgehead atoms. The summed E-state index contributed by atoms with van der Waals surface area (Å²) in [6.45, 7) is 6.85. The molecule has 0 aromatic carbocycles. The Morgan fingerprint density at radius 2 is 1.93 bits per heavy atom. The van der Waals surface area contributed by atoms with Crippen molar-refractivity contribution < 1.29 is 0 Å². The fraction of sp³-hybridized carbons (Fsp3) is 0.692. The van der Waals surface area contributed by atoms with Gasteiger partial charge < -0.3 is 5.73 Å². The van der Waals surface area contributed by atoms with Gasteiger partial charge in [0.2, 0.25) is 0 Å². The van der Waals surface area contributed by atoms with Crippen molar-refractivity contribution in [1.29, 1.82) is 0 Å². The van der Waals surface area contributed by atoms with Crippen molar-refractivity contribution in [3.8, 4) is 0 Å². The summed E-state index contributed by atoms with van der Waals surface area (Å²) >= 11 is 1.83. The largest absolute Gasteiger partial charge is 0.321 e. The number of aryl methyl sites for hydroxylation is 1. The van der Waals surface area contributed by atoms with E-state index >= 15 is 0 Å². The van der Waals surface area contributed by atoms with Crippen molar-refractivity contribution in [2.75, 3.05) is 0 Å². The van der Waals surface area contributed by atoms with Crippen LogP contribution in [0.2, 0.25) is 0 Å². The zero-order valence-corrected chi connectivity index (χ0v) is 10.7. The van der Waals surface area contributed by atoms with Crippen LogP contribution in [-0.4, -0.2) is 0 Å². The molecule has 15 heavy (non-hydrogen) atoms. The first-order valence-corrected chi connectivity index (χ1v) is 6.72. The minimum absolute atomic E-state index is 0.0463. The van der Waals surface area contributed by atoms with Crippen molar-refractivity contribution in [2.24, 2.45) is 17.6 Å². The average molecular weight is 223 g/mol. The van der Waals surface area contributed by atoms with Crippen LogP contribution in [0.25, 0.3) is 0 Å². The van der Waals surface area contributed by atoms with E-state index in [-0.39, 0.29) is 5.54 Å². The van der Waals surface area contributed by atoms with Crippen LogP contribution in [0.4, 0.5) is 0 Å². The van der Waals surface area contributed by atoms with Gasteiger partial charge in [0.25, 0.3) is 0 Å². The Labute approximate surface area is 96.7 Å². The summed E-state index contributed by atoms with van der Waals surface area (Å²) in [4.78, 5) is 1.42. The van der Waals surface area contributed by atoms with E-state index in [4.69, 9.17) is 5.73 Å². The van der Waals surface area contributed by atoms with Crippen molar-refractivity contribution in [3.63, 3.8) is 0 Å². The highest BCUT2D eigenvalue weighted by Gasteiger charge is 2.37. The number of hydrogen-bond acceptors (Lipinski definition) is 2. The summed E-state index contributed by atoms with van der Waals surface area (Å²) in [6, 6.07) is 2.19. The van der Waals surface area contributed by atoms with Gasteiger partial charge in [0, 0.05) is 4.88 Å². The van der Waals surface area contributed by atoms with Crippen LogP contribution in [0.15, 0.2) is 11.4 Å². The normalized spacial score (nSPS) is 36.8. The lowest BCUT2D eigenvalue weighted by molar-refractivity contribution is 0.186. The summed E-state index contributed by atoms with van der Waals surface area (Å²) in [5.41, 5.74) is 7.95. The van der Waals surface area contributed by atoms with Gasteiger partial charge in [-0.25, -0.2) is 0 Å². The third kappa shape index (κ3) is 2.11. The minimum atomic E-state index is -0.0463. The molecule has 1 aliphatic carbocycles. The van der Waals surface area contributed by atoms with E-state index in [2.05, 4.69) is 32.2 Å². The van der Waals surface area contributed by atoms with Gasteiger partial charge in [-0.1, -0.05) is 13.8 Å². The first kappa shape index (κ1) is 11.2. The van der Waals surface area contributed by atoms with E-state index in [0.29, 0.717) is 0 Å². The molecule has 1 aromatic heterocycles. The van der Waals surface area contributed by atoms with Crippen molar-refractivity contribution in [2.45, 2.75) is 45.6 Å². The van der Waals surface area contributed by atoms with Crippen LogP contribution < -0.4 is 5.73 Å². The maximum Gasteiger partial charge on any atom is 0.0511 e. The van der Waals surface area contributed by atoms with Crippen LogP contribution in [0.5, 0.6) is 0 Å². The molecule has 0 spiro atoms. The fourth-order valence-electron chi connectivity index (χ4n) is 3.25. The highest BCUT2D eigenvalue weighted by Crippen LogP contribution is 2.43. The maximum atomic E-state index is 6.62. The Hall–Kier alpha value is -0.340. The Morgan fingerprint density at radius 1 is 1.33 bits per heavy atom. The van der Waals surface area contributed by atoms with Crippen molar-refractivity contribution in [1.82, 2.24) is 0 Å². The van der Waals surface area contributed by atoms with Gasteiger partial charge in [-0.15, -0.1) is 11.3 Å². The Bertz CT molecular complexity index is 332. The molecule has 1 fully saturated rings. The summed E-state index contributed by atoms with van der Waals surface area (Å²) in [7, 11) is 0. The molecule has 0 aliphatic heterocycles. The second-order valence-corrected chi connectivity index (χ2v) is 6.36. The van der Waals surface area contributed by atoms with E-state index in [1.54, 1.807) is 0 Å². The van der Waals surface area contributed by atoms with Gasteiger partial charge >= 0.3 is 0 Å². The third-order valence-corrected chi connectivity index (χ3v) is 4.78. The molecule has 1 saturated carbocycles. The first-order valence-electron chi connectivity index (χ1n) is 5.85. The van der Waals surface area contributed by atoms with E-state index < -0.39 is 0 Å². The van der Waals surface area contributed by atoms with E-state index in [1.807, 2.05) is 11.3 Å². The topological polar surface area (TPSA) is 26.0 Å². The molecular formula is C13H21NS. The van der Waals surface area contributed by atoms with Crippen LogP contribution >= 0.6 is 11.3 Å². The molecule has 2 heteroatoms. The Balaban J connectivity index is 2.29. The molecule has 2 N–H and O–H groups in total. The Morgan fingerprint density at radius 3 is 2.40 bits per heavy atom. The predicted octanol–water partition coefficient (Wildman–Crippen LogP) is 3.67. The van der Waals surface area contributed by atoms with E-state index in [0.717, 1.165) is 24.7 Å². The molecule has 2 rings (SSSR count). The molecule has 1 nitrogen and oxygen atoms in total. The average Bonchev–Trinajstić information content (AvgIpc) is 2.48. The maximum absolute atomic E-state index is 6.62. The highest BCUT2D eigenvalue weighted by molar-refractivity contribution is 7.10. The molecule has 0 saturated heterocycles. The van der Waals surface area contributed by atoms with Crippen LogP contribution in [0.3, 0.4) is 0 Å². The molecule has 84 valence electrons. The van der Waals surface area contributed by atoms with Gasteiger partial charge in [0.15, 0.2) is 0 Å². The summed E-state index contributed by atoms with van der Waals surface area (Å²) in [5, 5.41) is 2.17. The second-order valence-electron chi connectivity index (χ2n) is 5.44. The molecule has 2 atom stereocenters. The number of hydrogen-bond donors (Lipinski definition) is 1. The predicted molar refractivity (Wildman–Crippen MR) is 67.1 cm³/mol. The second kappa shape index (κ2) is 3.91. The van der Waals surface area contributed by atoms with Gasteiger partial charge in [-0.05, 0) is 55.0 Å². The minimum Gasteiger partial charge on any atom is -0.321 e. The molecular weight excluding hydrogens is 202 g/mol. The first-order chi connectivity index (χ1) is 7.01. The fourth-order valence-corrected chi connectivity index (χ4v) is 4.31. The van der Waals surface area contributed by atoms with Gasteiger partial charge in [0.05, 0.1) is 5.54 Å². The standard InChI is InChI=1S/C13H21NS/c1-9-6-10(2)8-13(14,7-9)12-11(3)4-5-15-12/h4-5,9-10H,6-8,14H2,1-3H3. The van der Waals surface area contributed by atoms with E-state index in [1.165, 1.54) is 16.9 Å². The molecule has 1 aliphatic rings. The van der Waals surface area contributed by atoms with Crippen molar-refractivity contribution in [3.05, 3.63) is 21.9 Å². The van der Waals surface area contributed by atoms with Gasteiger partial charge in [0.1, 0.15) is 0 Å². The molecule has 1 aromatic rings. The number of rotatable bonds is 1. The molecule has 0 radical (unpaired) electrons. The van der Waals surface area contributed by atoms with E-state index in [9.17, 15) is 0 Å². The third-order valence-electron chi connectivity index (χ3n) is 3.54. The smallest absolute Gasteiger partial charge is 0.0511 e. The highest BCUT2D eigenvalue weighted by atomic mass is 32.1. The molecule has 0 amide bonds. The lowest BCUT2D eigenvalue weighted by Gasteiger charge is -2.40. The monoisotopic (exact) mass is 223 g/mol. The summed E-state index contributed by atoms with van der Waals surface area (Å²) in [6.07, 6.45) is 3.64. The summed E-state index contributed by atoms with van der Waals surface area (Å²) in [5.74, 6) is 1.53. The zero-order chi connectivity index (χ0) is 11.1. The lowest BCUT2D eigenvalue weighted by Crippen LogP contribution is -2.43. The summed E-state index contributed by atoms with van der Waals surface area (Å²) < 4.78 is 0. The van der Waals surface area contributed by atoms with Gasteiger partial charge in [-0.2, -0.15) is 0 Å². The quantitative estimate of drug-likeness (QED) is 0.772. The molecule has 1 heterocycles. The van der Waals surface area contributed by atoms with Crippen molar-refractivity contribution >= 4 is 11.3 Å². The SMILES string of the molecule is Cc1ccsc1C1(N)CC(C)CC(C)C1.